The number of amides is 1. The van der Waals surface area contributed by atoms with Gasteiger partial charge >= 0.3 is 0 Å². The molecule has 110 valence electrons. The fourth-order valence-electron chi connectivity index (χ4n) is 2.36. The highest BCUT2D eigenvalue weighted by Crippen LogP contribution is 2.20. The molecule has 5 heteroatoms. The van der Waals surface area contributed by atoms with Gasteiger partial charge in [-0.15, -0.1) is 0 Å². The van der Waals surface area contributed by atoms with Crippen LogP contribution in [0.2, 0.25) is 0 Å². The van der Waals surface area contributed by atoms with E-state index in [1.807, 2.05) is 0 Å². The summed E-state index contributed by atoms with van der Waals surface area (Å²) in [6, 6.07) is 5.74. The third kappa shape index (κ3) is 3.70. The second-order valence-electron chi connectivity index (χ2n) is 5.16. The minimum atomic E-state index is -0.805. The lowest BCUT2D eigenvalue weighted by molar-refractivity contribution is -0.129. The minimum absolute atomic E-state index is 0.0549. The number of hydrogen-bond acceptors (Lipinski definition) is 3. The van der Waals surface area contributed by atoms with Crippen molar-refractivity contribution in [3.8, 4) is 5.75 Å². The Morgan fingerprint density at radius 3 is 2.80 bits per heavy atom. The molecule has 0 bridgehead atoms. The fraction of sp³-hybridized carbons (Fsp3) is 0.533. The summed E-state index contributed by atoms with van der Waals surface area (Å²) in [4.78, 5) is 12.0. The molecule has 0 radical (unpaired) electrons. The molecule has 2 N–H and O–H groups in total. The largest absolute Gasteiger partial charge is 0.478 e. The van der Waals surface area contributed by atoms with Crippen LogP contribution in [0.4, 0.5) is 4.39 Å². The average molecular weight is 281 g/mol. The minimum Gasteiger partial charge on any atom is -0.478 e. The van der Waals surface area contributed by atoms with Gasteiger partial charge in [0.25, 0.3) is 5.91 Å². The van der Waals surface area contributed by atoms with Crippen molar-refractivity contribution >= 4 is 5.91 Å². The lowest BCUT2D eigenvalue weighted by Gasteiger charge is -2.29. The summed E-state index contributed by atoms with van der Waals surface area (Å²) in [5.41, 5.74) is 0. The van der Waals surface area contributed by atoms with Crippen LogP contribution in [0.3, 0.4) is 0 Å². The number of nitrogens with one attached hydrogen (secondary N) is 1. The number of aliphatic hydroxyl groups excluding tert-OH is 1. The standard InChI is InChI=1S/C15H20FNO3/c1-10(20-14-9-5-2-6-11(14)16)15(19)17-12-7-3-4-8-13(12)18/h2,5-6,9-10,12-13,18H,3-4,7-8H2,1H3,(H,17,19). The first-order chi connectivity index (χ1) is 9.58. The Kier molecular flexibility index (Phi) is 4.95. The van der Waals surface area contributed by atoms with Gasteiger partial charge in [0.15, 0.2) is 17.7 Å². The Morgan fingerprint density at radius 1 is 1.40 bits per heavy atom. The number of carbonyl (C=O) groups is 1. The number of ether oxygens (including phenoxy) is 1. The van der Waals surface area contributed by atoms with E-state index >= 15 is 0 Å². The number of carbonyl (C=O) groups excluding carboxylic acids is 1. The molecule has 0 aliphatic heterocycles. The second-order valence-corrected chi connectivity index (χ2v) is 5.16. The predicted molar refractivity (Wildman–Crippen MR) is 72.9 cm³/mol. The van der Waals surface area contributed by atoms with Gasteiger partial charge in [0, 0.05) is 0 Å². The van der Waals surface area contributed by atoms with Crippen LogP contribution in [0.25, 0.3) is 0 Å². The highest BCUT2D eigenvalue weighted by atomic mass is 19.1. The van der Waals surface area contributed by atoms with Crippen molar-refractivity contribution in [3.05, 3.63) is 30.1 Å². The summed E-state index contributed by atoms with van der Waals surface area (Å²) in [6.45, 7) is 1.57. The molecule has 2 rings (SSSR count). The highest BCUT2D eigenvalue weighted by Gasteiger charge is 2.27. The van der Waals surface area contributed by atoms with Crippen LogP contribution in [-0.2, 0) is 4.79 Å². The summed E-state index contributed by atoms with van der Waals surface area (Å²) in [5.74, 6) is -0.775. The molecule has 20 heavy (non-hydrogen) atoms. The van der Waals surface area contributed by atoms with E-state index in [0.717, 1.165) is 19.3 Å². The van der Waals surface area contributed by atoms with Crippen LogP contribution < -0.4 is 10.1 Å². The molecule has 1 amide bonds. The van der Waals surface area contributed by atoms with Gasteiger partial charge in [0.2, 0.25) is 0 Å². The zero-order valence-electron chi connectivity index (χ0n) is 11.5. The molecule has 1 saturated carbocycles. The third-order valence-corrected chi connectivity index (χ3v) is 3.57. The van der Waals surface area contributed by atoms with Crippen molar-refractivity contribution in [3.63, 3.8) is 0 Å². The average Bonchev–Trinajstić information content (AvgIpc) is 2.43. The molecule has 3 unspecified atom stereocenters. The van der Waals surface area contributed by atoms with E-state index in [2.05, 4.69) is 5.32 Å². The molecule has 0 aromatic heterocycles. The second kappa shape index (κ2) is 6.70. The van der Waals surface area contributed by atoms with Crippen LogP contribution in [-0.4, -0.2) is 29.3 Å². The number of rotatable bonds is 4. The first-order valence-electron chi connectivity index (χ1n) is 6.97. The quantitative estimate of drug-likeness (QED) is 0.887. The van der Waals surface area contributed by atoms with Crippen molar-refractivity contribution in [2.45, 2.75) is 50.9 Å². The maximum atomic E-state index is 13.4. The van der Waals surface area contributed by atoms with Crippen molar-refractivity contribution in [1.82, 2.24) is 5.32 Å². The zero-order valence-corrected chi connectivity index (χ0v) is 11.5. The maximum absolute atomic E-state index is 13.4. The first kappa shape index (κ1) is 14.8. The van der Waals surface area contributed by atoms with Gasteiger partial charge in [-0.3, -0.25) is 4.79 Å². The zero-order chi connectivity index (χ0) is 14.5. The van der Waals surface area contributed by atoms with Gasteiger partial charge in [-0.25, -0.2) is 4.39 Å². The van der Waals surface area contributed by atoms with Gasteiger partial charge in [0.05, 0.1) is 12.1 Å². The van der Waals surface area contributed by atoms with Crippen LogP contribution in [0, 0.1) is 5.82 Å². The summed E-state index contributed by atoms with van der Waals surface area (Å²) in [5, 5.41) is 12.6. The highest BCUT2D eigenvalue weighted by molar-refractivity contribution is 5.81. The number of halogens is 1. The molecule has 0 spiro atoms. The molecule has 0 saturated heterocycles. The van der Waals surface area contributed by atoms with Crippen LogP contribution >= 0.6 is 0 Å². The van der Waals surface area contributed by atoms with E-state index in [9.17, 15) is 14.3 Å². The number of hydrogen-bond donors (Lipinski definition) is 2. The molecular weight excluding hydrogens is 261 g/mol. The van der Waals surface area contributed by atoms with Crippen LogP contribution in [0.5, 0.6) is 5.75 Å². The van der Waals surface area contributed by atoms with Crippen molar-refractivity contribution < 1.29 is 19.0 Å². The monoisotopic (exact) mass is 281 g/mol. The number of para-hydroxylation sites is 1. The summed E-state index contributed by atoms with van der Waals surface area (Å²) in [7, 11) is 0. The molecule has 0 heterocycles. The smallest absolute Gasteiger partial charge is 0.261 e. The van der Waals surface area contributed by atoms with E-state index in [1.54, 1.807) is 19.1 Å². The van der Waals surface area contributed by atoms with E-state index in [0.29, 0.717) is 6.42 Å². The first-order valence-corrected chi connectivity index (χ1v) is 6.97. The Labute approximate surface area is 117 Å². The molecule has 1 aromatic carbocycles. The topological polar surface area (TPSA) is 58.6 Å². The molecule has 1 aromatic rings. The molecule has 1 fully saturated rings. The summed E-state index contributed by atoms with van der Waals surface area (Å²) >= 11 is 0. The van der Waals surface area contributed by atoms with Gasteiger partial charge in [-0.05, 0) is 31.9 Å². The van der Waals surface area contributed by atoms with Crippen LogP contribution in [0.15, 0.2) is 24.3 Å². The van der Waals surface area contributed by atoms with Crippen molar-refractivity contribution in [2.75, 3.05) is 0 Å². The summed E-state index contributed by atoms with van der Waals surface area (Å²) < 4.78 is 18.8. The van der Waals surface area contributed by atoms with Gasteiger partial charge < -0.3 is 15.2 Å². The lowest BCUT2D eigenvalue weighted by Crippen LogP contribution is -2.49. The lowest BCUT2D eigenvalue weighted by atomic mass is 9.92. The number of benzene rings is 1. The molecular formula is C15H20FNO3. The van der Waals surface area contributed by atoms with Crippen molar-refractivity contribution in [2.24, 2.45) is 0 Å². The normalized spacial score (nSPS) is 23.9. The van der Waals surface area contributed by atoms with E-state index in [-0.39, 0.29) is 17.7 Å². The van der Waals surface area contributed by atoms with E-state index < -0.39 is 18.0 Å². The van der Waals surface area contributed by atoms with E-state index in [4.69, 9.17) is 4.74 Å². The molecule has 4 nitrogen and oxygen atoms in total. The molecule has 3 atom stereocenters. The Morgan fingerprint density at radius 2 is 2.10 bits per heavy atom. The molecule has 1 aliphatic rings. The predicted octanol–water partition coefficient (Wildman–Crippen LogP) is 2.01. The Balaban J connectivity index is 1.90. The third-order valence-electron chi connectivity index (χ3n) is 3.57. The Bertz CT molecular complexity index is 466. The summed E-state index contributed by atoms with van der Waals surface area (Å²) in [6.07, 6.45) is 2.13. The van der Waals surface area contributed by atoms with Gasteiger partial charge in [-0.1, -0.05) is 25.0 Å². The fourth-order valence-corrected chi connectivity index (χ4v) is 2.36. The van der Waals surface area contributed by atoms with Gasteiger partial charge in [-0.2, -0.15) is 0 Å². The Hall–Kier alpha value is -1.62. The van der Waals surface area contributed by atoms with Crippen molar-refractivity contribution in [1.29, 1.82) is 0 Å². The van der Waals surface area contributed by atoms with Gasteiger partial charge in [0.1, 0.15) is 0 Å². The SMILES string of the molecule is CC(Oc1ccccc1F)C(=O)NC1CCCCC1O. The van der Waals surface area contributed by atoms with Crippen LogP contribution in [0.1, 0.15) is 32.6 Å². The molecule has 1 aliphatic carbocycles. The number of aliphatic hydroxyl groups is 1. The maximum Gasteiger partial charge on any atom is 0.261 e. The van der Waals surface area contributed by atoms with E-state index in [1.165, 1.54) is 12.1 Å².